The van der Waals surface area contributed by atoms with Gasteiger partial charge in [-0.3, -0.25) is 4.79 Å². The molecule has 1 amide bonds. The van der Waals surface area contributed by atoms with Gasteiger partial charge >= 0.3 is 0 Å². The SMILES string of the molecule is CC(NC(=O)C=Cc1ccc(F)cc1)c1cccc(N2CCO[C@@H](C)C2)c1. The normalized spacial score (nSPS) is 18.5. The van der Waals surface area contributed by atoms with E-state index in [2.05, 4.69) is 29.3 Å². The van der Waals surface area contributed by atoms with Crippen molar-refractivity contribution in [3.05, 3.63) is 71.6 Å². The standard InChI is InChI=1S/C22H25FN2O2/c1-16-15-25(12-13-27-16)21-5-3-4-19(14-21)17(2)24-22(26)11-8-18-6-9-20(23)10-7-18/h3-11,14,16-17H,12-13,15H2,1-2H3,(H,24,26)/t16-,17?/m0/s1. The van der Waals surface area contributed by atoms with E-state index in [0.29, 0.717) is 0 Å². The number of rotatable bonds is 5. The Kier molecular flexibility index (Phi) is 6.24. The van der Waals surface area contributed by atoms with Crippen molar-refractivity contribution in [2.75, 3.05) is 24.6 Å². The van der Waals surface area contributed by atoms with Gasteiger partial charge in [0.05, 0.1) is 18.8 Å². The number of hydrogen-bond donors (Lipinski definition) is 1. The second-order valence-corrected chi connectivity index (χ2v) is 6.84. The molecule has 0 aromatic heterocycles. The van der Waals surface area contributed by atoms with E-state index in [4.69, 9.17) is 4.74 Å². The Morgan fingerprint density at radius 3 is 2.81 bits per heavy atom. The van der Waals surface area contributed by atoms with E-state index >= 15 is 0 Å². The summed E-state index contributed by atoms with van der Waals surface area (Å²) in [5.74, 6) is -0.475. The van der Waals surface area contributed by atoms with E-state index in [-0.39, 0.29) is 23.9 Å². The van der Waals surface area contributed by atoms with Crippen LogP contribution in [0.15, 0.2) is 54.6 Å². The molecule has 0 saturated carbocycles. The average Bonchev–Trinajstić information content (AvgIpc) is 2.67. The van der Waals surface area contributed by atoms with Gasteiger partial charge < -0.3 is 15.0 Å². The molecule has 142 valence electrons. The zero-order chi connectivity index (χ0) is 19.2. The van der Waals surface area contributed by atoms with Crippen molar-refractivity contribution >= 4 is 17.7 Å². The van der Waals surface area contributed by atoms with Crippen LogP contribution in [0.25, 0.3) is 6.08 Å². The summed E-state index contributed by atoms with van der Waals surface area (Å²) in [6, 6.07) is 14.1. The van der Waals surface area contributed by atoms with Gasteiger partial charge in [0.2, 0.25) is 5.91 Å². The Hall–Kier alpha value is -2.66. The number of anilines is 1. The molecule has 1 N–H and O–H groups in total. The molecule has 2 atom stereocenters. The number of halogens is 1. The highest BCUT2D eigenvalue weighted by atomic mass is 19.1. The van der Waals surface area contributed by atoms with E-state index in [0.717, 1.165) is 36.5 Å². The average molecular weight is 368 g/mol. The van der Waals surface area contributed by atoms with E-state index < -0.39 is 0 Å². The van der Waals surface area contributed by atoms with Gasteiger partial charge in [-0.05, 0) is 55.3 Å². The molecule has 4 nitrogen and oxygen atoms in total. The van der Waals surface area contributed by atoms with Gasteiger partial charge in [0.1, 0.15) is 5.82 Å². The maximum Gasteiger partial charge on any atom is 0.244 e. The fraction of sp³-hybridized carbons (Fsp3) is 0.318. The smallest absolute Gasteiger partial charge is 0.244 e. The lowest BCUT2D eigenvalue weighted by atomic mass is 10.1. The first kappa shape index (κ1) is 19.1. The van der Waals surface area contributed by atoms with Gasteiger partial charge in [0.15, 0.2) is 0 Å². The number of benzene rings is 2. The molecular formula is C22H25FN2O2. The molecule has 0 spiro atoms. The number of ether oxygens (including phenoxy) is 1. The van der Waals surface area contributed by atoms with Crippen LogP contribution in [-0.2, 0) is 9.53 Å². The quantitative estimate of drug-likeness (QED) is 0.813. The highest BCUT2D eigenvalue weighted by Gasteiger charge is 2.18. The molecule has 1 aliphatic heterocycles. The maximum absolute atomic E-state index is 12.9. The summed E-state index contributed by atoms with van der Waals surface area (Å²) in [7, 11) is 0. The number of amides is 1. The van der Waals surface area contributed by atoms with Crippen LogP contribution in [0.5, 0.6) is 0 Å². The largest absolute Gasteiger partial charge is 0.375 e. The number of carbonyl (C=O) groups excluding carboxylic acids is 1. The van der Waals surface area contributed by atoms with E-state index in [1.807, 2.05) is 19.1 Å². The summed E-state index contributed by atoms with van der Waals surface area (Å²) in [4.78, 5) is 14.5. The van der Waals surface area contributed by atoms with E-state index in [1.54, 1.807) is 18.2 Å². The summed E-state index contributed by atoms with van der Waals surface area (Å²) in [6.07, 6.45) is 3.36. The Bertz CT molecular complexity index is 804. The molecule has 1 saturated heterocycles. The van der Waals surface area contributed by atoms with Crippen molar-refractivity contribution in [3.63, 3.8) is 0 Å². The van der Waals surface area contributed by atoms with Gasteiger partial charge in [0, 0.05) is 24.9 Å². The number of carbonyl (C=O) groups is 1. The molecule has 3 rings (SSSR count). The van der Waals surface area contributed by atoms with Crippen LogP contribution in [-0.4, -0.2) is 31.7 Å². The molecule has 2 aromatic carbocycles. The minimum atomic E-state index is -0.292. The predicted molar refractivity (Wildman–Crippen MR) is 106 cm³/mol. The highest BCUT2D eigenvalue weighted by Crippen LogP contribution is 2.22. The first-order chi connectivity index (χ1) is 13.0. The van der Waals surface area contributed by atoms with Crippen LogP contribution in [0.3, 0.4) is 0 Å². The lowest BCUT2D eigenvalue weighted by molar-refractivity contribution is -0.117. The summed E-state index contributed by atoms with van der Waals surface area (Å²) in [5.41, 5.74) is 2.98. The minimum Gasteiger partial charge on any atom is -0.375 e. The summed E-state index contributed by atoms with van der Waals surface area (Å²) < 4.78 is 18.5. The summed E-state index contributed by atoms with van der Waals surface area (Å²) in [5, 5.41) is 2.97. The highest BCUT2D eigenvalue weighted by molar-refractivity contribution is 5.92. The first-order valence-corrected chi connectivity index (χ1v) is 9.22. The zero-order valence-corrected chi connectivity index (χ0v) is 15.7. The molecule has 0 aliphatic carbocycles. The van der Waals surface area contributed by atoms with Crippen LogP contribution in [0.4, 0.5) is 10.1 Å². The van der Waals surface area contributed by atoms with Crippen LogP contribution in [0.2, 0.25) is 0 Å². The topological polar surface area (TPSA) is 41.6 Å². The zero-order valence-electron chi connectivity index (χ0n) is 15.7. The number of morpholine rings is 1. The van der Waals surface area contributed by atoms with Gasteiger partial charge in [-0.1, -0.05) is 24.3 Å². The molecule has 1 heterocycles. The van der Waals surface area contributed by atoms with E-state index in [1.165, 1.54) is 18.2 Å². The molecule has 1 fully saturated rings. The van der Waals surface area contributed by atoms with E-state index in [9.17, 15) is 9.18 Å². The lowest BCUT2D eigenvalue weighted by Gasteiger charge is -2.33. The van der Waals surface area contributed by atoms with Crippen LogP contribution < -0.4 is 10.2 Å². The summed E-state index contributed by atoms with van der Waals surface area (Å²) in [6.45, 7) is 6.50. The molecule has 27 heavy (non-hydrogen) atoms. The Morgan fingerprint density at radius 2 is 2.07 bits per heavy atom. The molecule has 5 heteroatoms. The minimum absolute atomic E-state index is 0.117. The molecule has 0 radical (unpaired) electrons. The fourth-order valence-electron chi connectivity index (χ4n) is 3.13. The third kappa shape index (κ3) is 5.41. The second kappa shape index (κ2) is 8.82. The Balaban J connectivity index is 1.61. The van der Waals surface area contributed by atoms with Crippen molar-refractivity contribution in [3.8, 4) is 0 Å². The van der Waals surface area contributed by atoms with Gasteiger partial charge in [0.25, 0.3) is 0 Å². The second-order valence-electron chi connectivity index (χ2n) is 6.84. The van der Waals surface area contributed by atoms with Crippen molar-refractivity contribution in [1.29, 1.82) is 0 Å². The Morgan fingerprint density at radius 1 is 1.30 bits per heavy atom. The van der Waals surface area contributed by atoms with Gasteiger partial charge in [-0.25, -0.2) is 4.39 Å². The van der Waals surface area contributed by atoms with Crippen LogP contribution in [0.1, 0.15) is 31.0 Å². The Labute approximate surface area is 159 Å². The van der Waals surface area contributed by atoms with Crippen molar-refractivity contribution in [2.45, 2.75) is 26.0 Å². The van der Waals surface area contributed by atoms with Crippen molar-refractivity contribution in [2.24, 2.45) is 0 Å². The van der Waals surface area contributed by atoms with Gasteiger partial charge in [-0.2, -0.15) is 0 Å². The maximum atomic E-state index is 12.9. The van der Waals surface area contributed by atoms with Crippen molar-refractivity contribution < 1.29 is 13.9 Å². The monoisotopic (exact) mass is 368 g/mol. The van der Waals surface area contributed by atoms with Gasteiger partial charge in [-0.15, -0.1) is 0 Å². The molecule has 0 bridgehead atoms. The number of nitrogens with zero attached hydrogens (tertiary/aromatic N) is 1. The predicted octanol–water partition coefficient (Wildman–Crippen LogP) is 3.94. The van der Waals surface area contributed by atoms with Crippen molar-refractivity contribution in [1.82, 2.24) is 5.32 Å². The molecular weight excluding hydrogens is 343 g/mol. The summed E-state index contributed by atoms with van der Waals surface area (Å²) >= 11 is 0. The third-order valence-electron chi connectivity index (χ3n) is 4.63. The van der Waals surface area contributed by atoms with Crippen LogP contribution in [0, 0.1) is 5.82 Å². The first-order valence-electron chi connectivity index (χ1n) is 9.22. The fourth-order valence-corrected chi connectivity index (χ4v) is 3.13. The molecule has 2 aromatic rings. The third-order valence-corrected chi connectivity index (χ3v) is 4.63. The number of nitrogens with one attached hydrogen (secondary N) is 1. The van der Waals surface area contributed by atoms with Crippen LogP contribution >= 0.6 is 0 Å². The molecule has 1 unspecified atom stereocenters. The number of hydrogen-bond acceptors (Lipinski definition) is 3. The lowest BCUT2D eigenvalue weighted by Crippen LogP contribution is -2.41. The molecule has 1 aliphatic rings.